The van der Waals surface area contributed by atoms with E-state index in [0.29, 0.717) is 18.7 Å². The Morgan fingerprint density at radius 3 is 2.00 bits per heavy atom. The van der Waals surface area contributed by atoms with Crippen molar-refractivity contribution < 1.29 is 14.5 Å². The third kappa shape index (κ3) is 6.89. The van der Waals surface area contributed by atoms with Crippen LogP contribution in [0.3, 0.4) is 0 Å². The molecule has 0 aliphatic heterocycles. The van der Waals surface area contributed by atoms with Gasteiger partial charge in [0.15, 0.2) is 0 Å². The van der Waals surface area contributed by atoms with Gasteiger partial charge < -0.3 is 10.6 Å². The molecule has 7 heteroatoms. The number of anilines is 1. The minimum atomic E-state index is -0.489. The lowest BCUT2D eigenvalue weighted by Gasteiger charge is -2.07. The lowest BCUT2D eigenvalue weighted by atomic mass is 10.1. The molecule has 27 heavy (non-hydrogen) atoms. The first-order valence-corrected chi connectivity index (χ1v) is 8.86. The molecule has 142 valence electrons. The SMILES string of the molecule is CCCCNC(=O)Cc1ccc(CC(=O)Nc2ccc([N+](=O)[O-])cc2)cc1. The van der Waals surface area contributed by atoms with E-state index in [1.807, 2.05) is 24.3 Å². The fourth-order valence-corrected chi connectivity index (χ4v) is 2.48. The van der Waals surface area contributed by atoms with E-state index in [1.54, 1.807) is 0 Å². The Kier molecular flexibility index (Phi) is 7.49. The zero-order valence-corrected chi connectivity index (χ0v) is 15.2. The van der Waals surface area contributed by atoms with Crippen LogP contribution in [0.2, 0.25) is 0 Å². The van der Waals surface area contributed by atoms with Crippen LogP contribution >= 0.6 is 0 Å². The lowest BCUT2D eigenvalue weighted by Crippen LogP contribution is -2.25. The summed E-state index contributed by atoms with van der Waals surface area (Å²) in [6.45, 7) is 2.76. The minimum absolute atomic E-state index is 0.00730. The van der Waals surface area contributed by atoms with Crippen LogP contribution < -0.4 is 10.6 Å². The molecule has 2 aromatic rings. The first-order chi connectivity index (χ1) is 13.0. The molecule has 0 unspecified atom stereocenters. The molecule has 0 aliphatic rings. The van der Waals surface area contributed by atoms with Crippen LogP contribution in [-0.4, -0.2) is 23.3 Å². The topological polar surface area (TPSA) is 101 Å². The van der Waals surface area contributed by atoms with Crippen molar-refractivity contribution >= 4 is 23.2 Å². The molecule has 2 amide bonds. The summed E-state index contributed by atoms with van der Waals surface area (Å²) in [6, 6.07) is 13.0. The minimum Gasteiger partial charge on any atom is -0.356 e. The Bertz CT molecular complexity index is 786. The molecular weight excluding hydrogens is 346 g/mol. The van der Waals surface area contributed by atoms with Gasteiger partial charge in [-0.2, -0.15) is 0 Å². The Morgan fingerprint density at radius 2 is 1.48 bits per heavy atom. The number of hydrogen-bond acceptors (Lipinski definition) is 4. The van der Waals surface area contributed by atoms with E-state index in [0.717, 1.165) is 24.0 Å². The Hall–Kier alpha value is -3.22. The predicted molar refractivity (Wildman–Crippen MR) is 103 cm³/mol. The number of rotatable bonds is 9. The maximum absolute atomic E-state index is 12.1. The highest BCUT2D eigenvalue weighted by molar-refractivity contribution is 5.92. The third-order valence-corrected chi connectivity index (χ3v) is 3.97. The van der Waals surface area contributed by atoms with Crippen LogP contribution in [0.5, 0.6) is 0 Å². The first-order valence-electron chi connectivity index (χ1n) is 8.86. The fraction of sp³-hybridized carbons (Fsp3) is 0.300. The number of nitrogens with one attached hydrogen (secondary N) is 2. The fourth-order valence-electron chi connectivity index (χ4n) is 2.48. The van der Waals surface area contributed by atoms with Gasteiger partial charge in [0.1, 0.15) is 0 Å². The highest BCUT2D eigenvalue weighted by Gasteiger charge is 2.08. The summed E-state index contributed by atoms with van der Waals surface area (Å²) in [7, 11) is 0. The molecule has 0 saturated heterocycles. The normalized spacial score (nSPS) is 10.3. The second-order valence-electron chi connectivity index (χ2n) is 6.23. The van der Waals surface area contributed by atoms with Crippen molar-refractivity contribution in [2.75, 3.05) is 11.9 Å². The van der Waals surface area contributed by atoms with Crippen molar-refractivity contribution in [2.45, 2.75) is 32.6 Å². The van der Waals surface area contributed by atoms with Gasteiger partial charge in [-0.05, 0) is 29.7 Å². The third-order valence-electron chi connectivity index (χ3n) is 3.97. The second-order valence-corrected chi connectivity index (χ2v) is 6.23. The summed E-state index contributed by atoms with van der Waals surface area (Å²) in [6.07, 6.45) is 2.50. The van der Waals surface area contributed by atoms with Gasteiger partial charge in [0, 0.05) is 24.4 Å². The van der Waals surface area contributed by atoms with Crippen molar-refractivity contribution in [1.29, 1.82) is 0 Å². The Labute approximate surface area is 157 Å². The van der Waals surface area contributed by atoms with Gasteiger partial charge in [0.25, 0.3) is 5.69 Å². The second kappa shape index (κ2) is 10.1. The highest BCUT2D eigenvalue weighted by Crippen LogP contribution is 2.16. The van der Waals surface area contributed by atoms with E-state index in [9.17, 15) is 19.7 Å². The van der Waals surface area contributed by atoms with E-state index >= 15 is 0 Å². The molecule has 2 aromatic carbocycles. The van der Waals surface area contributed by atoms with Crippen LogP contribution in [0.4, 0.5) is 11.4 Å². The van der Waals surface area contributed by atoms with Crippen LogP contribution in [-0.2, 0) is 22.4 Å². The van der Waals surface area contributed by atoms with E-state index in [4.69, 9.17) is 0 Å². The first kappa shape index (κ1) is 20.1. The molecule has 0 aliphatic carbocycles. The monoisotopic (exact) mass is 369 g/mol. The summed E-state index contributed by atoms with van der Waals surface area (Å²) < 4.78 is 0. The van der Waals surface area contributed by atoms with Gasteiger partial charge in [-0.25, -0.2) is 0 Å². The molecule has 2 rings (SSSR count). The Balaban J connectivity index is 1.83. The average Bonchev–Trinajstić information content (AvgIpc) is 2.64. The number of amides is 2. The van der Waals surface area contributed by atoms with Gasteiger partial charge in [-0.1, -0.05) is 37.6 Å². The molecule has 7 nitrogen and oxygen atoms in total. The standard InChI is InChI=1S/C20H23N3O4/c1-2-3-12-21-19(24)13-15-4-6-16(7-5-15)14-20(25)22-17-8-10-18(11-9-17)23(26)27/h4-11H,2-3,12-14H2,1H3,(H,21,24)(H,22,25). The van der Waals surface area contributed by atoms with Gasteiger partial charge in [0.2, 0.25) is 11.8 Å². The zero-order valence-electron chi connectivity index (χ0n) is 15.2. The van der Waals surface area contributed by atoms with E-state index in [2.05, 4.69) is 17.6 Å². The molecule has 0 radical (unpaired) electrons. The number of benzene rings is 2. The zero-order chi connectivity index (χ0) is 19.6. The van der Waals surface area contributed by atoms with Crippen molar-refractivity contribution in [1.82, 2.24) is 5.32 Å². The number of unbranched alkanes of at least 4 members (excludes halogenated alkanes) is 1. The predicted octanol–water partition coefficient (Wildman–Crippen LogP) is 3.23. The number of nitro groups is 1. The molecule has 0 spiro atoms. The lowest BCUT2D eigenvalue weighted by molar-refractivity contribution is -0.384. The molecule has 0 fully saturated rings. The number of nitro benzene ring substituents is 1. The van der Waals surface area contributed by atoms with Crippen LogP contribution in [0.25, 0.3) is 0 Å². The van der Waals surface area contributed by atoms with Crippen LogP contribution in [0.15, 0.2) is 48.5 Å². The highest BCUT2D eigenvalue weighted by atomic mass is 16.6. The van der Waals surface area contributed by atoms with Gasteiger partial charge in [-0.3, -0.25) is 19.7 Å². The van der Waals surface area contributed by atoms with Crippen molar-refractivity contribution in [3.05, 3.63) is 69.8 Å². The number of hydrogen-bond donors (Lipinski definition) is 2. The summed E-state index contributed by atoms with van der Waals surface area (Å²) in [4.78, 5) is 34.0. The summed E-state index contributed by atoms with van der Waals surface area (Å²) in [5.41, 5.74) is 2.20. The van der Waals surface area contributed by atoms with E-state index in [-0.39, 0.29) is 23.9 Å². The van der Waals surface area contributed by atoms with Crippen LogP contribution in [0, 0.1) is 10.1 Å². The van der Waals surface area contributed by atoms with Gasteiger partial charge in [0.05, 0.1) is 17.8 Å². The summed E-state index contributed by atoms with van der Waals surface area (Å²) >= 11 is 0. The number of nitrogens with zero attached hydrogens (tertiary/aromatic N) is 1. The molecule has 0 heterocycles. The largest absolute Gasteiger partial charge is 0.356 e. The molecule has 0 bridgehead atoms. The van der Waals surface area contributed by atoms with Crippen molar-refractivity contribution in [3.8, 4) is 0 Å². The molecule has 0 aromatic heterocycles. The molecule has 0 saturated carbocycles. The maximum Gasteiger partial charge on any atom is 0.269 e. The average molecular weight is 369 g/mol. The number of non-ortho nitro benzene ring substituents is 1. The van der Waals surface area contributed by atoms with Gasteiger partial charge >= 0.3 is 0 Å². The molecule has 2 N–H and O–H groups in total. The summed E-state index contributed by atoms with van der Waals surface area (Å²) in [5, 5.41) is 16.2. The van der Waals surface area contributed by atoms with Crippen molar-refractivity contribution in [2.24, 2.45) is 0 Å². The smallest absolute Gasteiger partial charge is 0.269 e. The quantitative estimate of drug-likeness (QED) is 0.402. The maximum atomic E-state index is 12.1. The van der Waals surface area contributed by atoms with E-state index < -0.39 is 4.92 Å². The number of carbonyl (C=O) groups is 2. The molecular formula is C20H23N3O4. The molecule has 0 atom stereocenters. The Morgan fingerprint density at radius 1 is 0.926 bits per heavy atom. The van der Waals surface area contributed by atoms with Gasteiger partial charge in [-0.15, -0.1) is 0 Å². The number of carbonyl (C=O) groups excluding carboxylic acids is 2. The van der Waals surface area contributed by atoms with Crippen molar-refractivity contribution in [3.63, 3.8) is 0 Å². The summed E-state index contributed by atoms with van der Waals surface area (Å²) in [5.74, 6) is -0.221. The van der Waals surface area contributed by atoms with Crippen LogP contribution in [0.1, 0.15) is 30.9 Å². The van der Waals surface area contributed by atoms with E-state index in [1.165, 1.54) is 24.3 Å².